The van der Waals surface area contributed by atoms with Gasteiger partial charge in [0.05, 0.1) is 6.04 Å². The molecule has 0 fully saturated rings. The minimum Gasteiger partial charge on any atom is -0.377 e. The van der Waals surface area contributed by atoms with E-state index in [0.29, 0.717) is 5.92 Å². The van der Waals surface area contributed by atoms with E-state index in [-0.39, 0.29) is 11.9 Å². The van der Waals surface area contributed by atoms with Crippen LogP contribution in [0.4, 0.5) is 5.69 Å². The van der Waals surface area contributed by atoms with Gasteiger partial charge in [0.1, 0.15) is 0 Å². The molecule has 2 unspecified atom stereocenters. The maximum atomic E-state index is 12.2. The van der Waals surface area contributed by atoms with E-state index in [1.54, 1.807) is 0 Å². The molecule has 1 amide bonds. The van der Waals surface area contributed by atoms with Crippen molar-refractivity contribution in [2.75, 3.05) is 18.9 Å². The van der Waals surface area contributed by atoms with Crippen LogP contribution in [0.3, 0.4) is 0 Å². The number of carbonyl (C=O) groups excluding carboxylic acids is 1. The third-order valence-corrected chi connectivity index (χ3v) is 4.90. The van der Waals surface area contributed by atoms with Crippen molar-refractivity contribution in [3.63, 3.8) is 0 Å². The van der Waals surface area contributed by atoms with Crippen LogP contribution in [0, 0.1) is 0 Å². The maximum absolute atomic E-state index is 12.2. The van der Waals surface area contributed by atoms with E-state index in [4.69, 9.17) is 0 Å². The van der Waals surface area contributed by atoms with E-state index in [9.17, 15) is 4.79 Å². The standard InChI is InChI=1S/C19H21N3O/c1-20-11-12-5-7-13(8-6-12)18-14-9-10-21-19(23)15-3-2-4-16(22-18)17(14)15/h2-8,14,18,20,22H,9-11H2,1H3,(H,21,23). The first-order valence-electron chi connectivity index (χ1n) is 8.19. The number of benzene rings is 2. The molecule has 4 rings (SSSR count). The highest BCUT2D eigenvalue weighted by Crippen LogP contribution is 2.48. The zero-order valence-electron chi connectivity index (χ0n) is 13.2. The molecule has 118 valence electrons. The summed E-state index contributed by atoms with van der Waals surface area (Å²) in [7, 11) is 1.96. The van der Waals surface area contributed by atoms with Gasteiger partial charge in [0.2, 0.25) is 0 Å². The first kappa shape index (κ1) is 14.3. The molecule has 23 heavy (non-hydrogen) atoms. The van der Waals surface area contributed by atoms with Gasteiger partial charge in [0.15, 0.2) is 0 Å². The number of hydrogen-bond acceptors (Lipinski definition) is 3. The quantitative estimate of drug-likeness (QED) is 0.817. The molecule has 0 aliphatic carbocycles. The average molecular weight is 307 g/mol. The first-order valence-corrected chi connectivity index (χ1v) is 8.19. The molecular formula is C19H21N3O. The largest absolute Gasteiger partial charge is 0.377 e. The number of carbonyl (C=O) groups is 1. The Morgan fingerprint density at radius 3 is 2.78 bits per heavy atom. The van der Waals surface area contributed by atoms with Gasteiger partial charge in [-0.3, -0.25) is 4.79 Å². The van der Waals surface area contributed by atoms with Crippen molar-refractivity contribution in [1.82, 2.24) is 10.6 Å². The molecule has 4 heteroatoms. The molecule has 2 aliphatic heterocycles. The average Bonchev–Trinajstić information content (AvgIpc) is 2.85. The maximum Gasteiger partial charge on any atom is 0.251 e. The van der Waals surface area contributed by atoms with Gasteiger partial charge in [-0.1, -0.05) is 30.3 Å². The Kier molecular flexibility index (Phi) is 3.54. The van der Waals surface area contributed by atoms with Crippen LogP contribution in [0.1, 0.15) is 45.4 Å². The normalized spacial score (nSPS) is 22.0. The second-order valence-electron chi connectivity index (χ2n) is 6.31. The predicted octanol–water partition coefficient (Wildman–Crippen LogP) is 2.79. The summed E-state index contributed by atoms with van der Waals surface area (Å²) < 4.78 is 0. The second kappa shape index (κ2) is 5.70. The minimum absolute atomic E-state index is 0.0520. The van der Waals surface area contributed by atoms with E-state index in [2.05, 4.69) is 46.3 Å². The fourth-order valence-corrected chi connectivity index (χ4v) is 3.83. The Morgan fingerprint density at radius 2 is 2.00 bits per heavy atom. The van der Waals surface area contributed by atoms with Gasteiger partial charge in [-0.25, -0.2) is 0 Å². The molecule has 0 saturated heterocycles. The highest BCUT2D eigenvalue weighted by Gasteiger charge is 2.37. The van der Waals surface area contributed by atoms with Gasteiger partial charge in [-0.15, -0.1) is 0 Å². The number of rotatable bonds is 3. The Hall–Kier alpha value is -2.33. The van der Waals surface area contributed by atoms with E-state index in [1.807, 2.05) is 19.2 Å². The minimum atomic E-state index is 0.0520. The van der Waals surface area contributed by atoms with Crippen LogP contribution >= 0.6 is 0 Å². The predicted molar refractivity (Wildman–Crippen MR) is 91.7 cm³/mol. The molecule has 2 aromatic carbocycles. The van der Waals surface area contributed by atoms with Crippen molar-refractivity contribution in [2.24, 2.45) is 0 Å². The molecule has 0 radical (unpaired) electrons. The molecule has 0 saturated carbocycles. The Balaban J connectivity index is 1.71. The molecule has 3 N–H and O–H groups in total. The Bertz CT molecular complexity index is 739. The SMILES string of the molecule is CNCc1ccc(C2Nc3cccc4c3C2CCNC4=O)cc1. The van der Waals surface area contributed by atoms with Crippen LogP contribution in [-0.4, -0.2) is 19.5 Å². The molecule has 2 aromatic rings. The van der Waals surface area contributed by atoms with Crippen LogP contribution in [0.25, 0.3) is 0 Å². The van der Waals surface area contributed by atoms with Crippen LogP contribution in [0.2, 0.25) is 0 Å². The van der Waals surface area contributed by atoms with E-state index in [0.717, 1.165) is 30.8 Å². The molecule has 0 spiro atoms. The van der Waals surface area contributed by atoms with Crippen molar-refractivity contribution < 1.29 is 4.79 Å². The molecule has 2 heterocycles. The van der Waals surface area contributed by atoms with E-state index >= 15 is 0 Å². The fourth-order valence-electron chi connectivity index (χ4n) is 3.83. The zero-order chi connectivity index (χ0) is 15.8. The number of nitrogens with one attached hydrogen (secondary N) is 3. The lowest BCUT2D eigenvalue weighted by Crippen LogP contribution is -2.23. The van der Waals surface area contributed by atoms with Gasteiger partial charge in [0, 0.05) is 30.3 Å². The summed E-state index contributed by atoms with van der Waals surface area (Å²) in [6.45, 7) is 1.61. The molecule has 2 aliphatic rings. The smallest absolute Gasteiger partial charge is 0.251 e. The van der Waals surface area contributed by atoms with Gasteiger partial charge >= 0.3 is 0 Å². The summed E-state index contributed by atoms with van der Waals surface area (Å²) in [5.74, 6) is 0.395. The lowest BCUT2D eigenvalue weighted by molar-refractivity contribution is 0.0956. The van der Waals surface area contributed by atoms with Gasteiger partial charge < -0.3 is 16.0 Å². The number of amides is 1. The van der Waals surface area contributed by atoms with Crippen LogP contribution in [0.15, 0.2) is 42.5 Å². The van der Waals surface area contributed by atoms with Crippen molar-refractivity contribution in [1.29, 1.82) is 0 Å². The van der Waals surface area contributed by atoms with Gasteiger partial charge in [-0.2, -0.15) is 0 Å². The van der Waals surface area contributed by atoms with E-state index < -0.39 is 0 Å². The van der Waals surface area contributed by atoms with Crippen LogP contribution in [0.5, 0.6) is 0 Å². The van der Waals surface area contributed by atoms with Crippen molar-refractivity contribution in [3.8, 4) is 0 Å². The lowest BCUT2D eigenvalue weighted by atomic mass is 9.86. The Labute approximate surface area is 136 Å². The van der Waals surface area contributed by atoms with Crippen molar-refractivity contribution in [2.45, 2.75) is 24.9 Å². The topological polar surface area (TPSA) is 53.2 Å². The summed E-state index contributed by atoms with van der Waals surface area (Å²) in [5, 5.41) is 9.83. The first-order chi connectivity index (χ1) is 11.3. The highest BCUT2D eigenvalue weighted by molar-refractivity contribution is 5.98. The highest BCUT2D eigenvalue weighted by atomic mass is 16.1. The van der Waals surface area contributed by atoms with Crippen LogP contribution < -0.4 is 16.0 Å². The molecule has 4 nitrogen and oxygen atoms in total. The Morgan fingerprint density at radius 1 is 1.17 bits per heavy atom. The third-order valence-electron chi connectivity index (χ3n) is 4.90. The van der Waals surface area contributed by atoms with E-state index in [1.165, 1.54) is 16.7 Å². The molecule has 0 bridgehead atoms. The third kappa shape index (κ3) is 2.39. The summed E-state index contributed by atoms with van der Waals surface area (Å²) in [6, 6.07) is 15.0. The molecule has 2 atom stereocenters. The lowest BCUT2D eigenvalue weighted by Gasteiger charge is -2.20. The zero-order valence-corrected chi connectivity index (χ0v) is 13.2. The summed E-state index contributed by atoms with van der Waals surface area (Å²) in [5.41, 5.74) is 5.68. The van der Waals surface area contributed by atoms with Gasteiger partial charge in [0.25, 0.3) is 5.91 Å². The summed E-state index contributed by atoms with van der Waals surface area (Å²) in [6.07, 6.45) is 0.964. The summed E-state index contributed by atoms with van der Waals surface area (Å²) in [4.78, 5) is 12.2. The monoisotopic (exact) mass is 307 g/mol. The number of hydrogen-bond donors (Lipinski definition) is 3. The van der Waals surface area contributed by atoms with Crippen LogP contribution in [-0.2, 0) is 6.54 Å². The fraction of sp³-hybridized carbons (Fsp3) is 0.316. The van der Waals surface area contributed by atoms with Crippen molar-refractivity contribution >= 4 is 11.6 Å². The molecule has 0 aromatic heterocycles. The van der Waals surface area contributed by atoms with Gasteiger partial charge in [-0.05, 0) is 42.3 Å². The molecular weight excluding hydrogens is 286 g/mol. The second-order valence-corrected chi connectivity index (χ2v) is 6.31. The summed E-state index contributed by atoms with van der Waals surface area (Å²) >= 11 is 0. The number of anilines is 1. The van der Waals surface area contributed by atoms with Crippen molar-refractivity contribution in [3.05, 3.63) is 64.7 Å².